The number of nitrogens with one attached hydrogen (secondary N) is 2. The normalized spacial score (nSPS) is 20.5. The number of ether oxygens (including phenoxy) is 1. The van der Waals surface area contributed by atoms with Crippen molar-refractivity contribution in [2.24, 2.45) is 0 Å². The fourth-order valence-corrected chi connectivity index (χ4v) is 2.00. The minimum atomic E-state index is -0.397. The van der Waals surface area contributed by atoms with Gasteiger partial charge in [-0.2, -0.15) is 0 Å². The molecule has 6 heteroatoms. The van der Waals surface area contributed by atoms with Crippen LogP contribution < -0.4 is 10.6 Å². The molecule has 14 heavy (non-hydrogen) atoms. The van der Waals surface area contributed by atoms with E-state index in [1.54, 1.807) is 18.7 Å². The molecular formula is C8H14N2O3S. The van der Waals surface area contributed by atoms with E-state index < -0.39 is 5.97 Å². The lowest BCUT2D eigenvalue weighted by atomic mass is 10.3. The maximum absolute atomic E-state index is 11.4. The largest absolute Gasteiger partial charge is 0.465 e. The first-order chi connectivity index (χ1) is 6.74. The third kappa shape index (κ3) is 3.55. The molecule has 1 aliphatic heterocycles. The van der Waals surface area contributed by atoms with Crippen molar-refractivity contribution in [2.75, 3.05) is 24.8 Å². The minimum absolute atomic E-state index is 0.0461. The van der Waals surface area contributed by atoms with Crippen LogP contribution in [0, 0.1) is 0 Å². The van der Waals surface area contributed by atoms with Crippen molar-refractivity contribution in [1.29, 1.82) is 0 Å². The van der Waals surface area contributed by atoms with E-state index in [0.29, 0.717) is 6.61 Å². The molecule has 0 bridgehead atoms. The number of carbonyl (C=O) groups excluding carboxylic acids is 2. The Hall–Kier alpha value is -0.750. The smallest absolute Gasteiger partial charge is 0.325 e. The quantitative estimate of drug-likeness (QED) is 0.612. The highest BCUT2D eigenvalue weighted by atomic mass is 32.2. The molecule has 0 aromatic carbocycles. The van der Waals surface area contributed by atoms with E-state index in [2.05, 4.69) is 15.4 Å². The van der Waals surface area contributed by atoms with Crippen molar-refractivity contribution < 1.29 is 14.3 Å². The highest BCUT2D eigenvalue weighted by Gasteiger charge is 2.22. The molecule has 1 heterocycles. The second-order valence-electron chi connectivity index (χ2n) is 2.79. The van der Waals surface area contributed by atoms with Crippen LogP contribution in [0.3, 0.4) is 0 Å². The molecule has 1 saturated heterocycles. The predicted molar refractivity (Wildman–Crippen MR) is 53.9 cm³/mol. The first kappa shape index (κ1) is 11.3. The molecule has 1 rings (SSSR count). The van der Waals surface area contributed by atoms with E-state index in [-0.39, 0.29) is 18.5 Å². The Morgan fingerprint density at radius 3 is 3.00 bits per heavy atom. The van der Waals surface area contributed by atoms with Crippen molar-refractivity contribution in [3.63, 3.8) is 0 Å². The second kappa shape index (κ2) is 5.87. The van der Waals surface area contributed by atoms with Gasteiger partial charge in [0, 0.05) is 11.6 Å². The molecule has 1 aliphatic rings. The van der Waals surface area contributed by atoms with Gasteiger partial charge in [0.2, 0.25) is 5.91 Å². The van der Waals surface area contributed by atoms with Crippen molar-refractivity contribution in [3.8, 4) is 0 Å². The van der Waals surface area contributed by atoms with Crippen LogP contribution in [0.15, 0.2) is 0 Å². The highest BCUT2D eigenvalue weighted by molar-refractivity contribution is 7.99. The zero-order valence-electron chi connectivity index (χ0n) is 8.04. The van der Waals surface area contributed by atoms with Crippen molar-refractivity contribution in [2.45, 2.75) is 13.0 Å². The van der Waals surface area contributed by atoms with Crippen molar-refractivity contribution in [1.82, 2.24) is 10.6 Å². The molecule has 0 radical (unpaired) electrons. The molecular weight excluding hydrogens is 204 g/mol. The Kier molecular flexibility index (Phi) is 4.75. The van der Waals surface area contributed by atoms with Gasteiger partial charge >= 0.3 is 5.97 Å². The Morgan fingerprint density at radius 2 is 2.43 bits per heavy atom. The maximum atomic E-state index is 11.4. The van der Waals surface area contributed by atoms with Crippen molar-refractivity contribution >= 4 is 23.6 Å². The van der Waals surface area contributed by atoms with Crippen LogP contribution in [-0.4, -0.2) is 42.7 Å². The molecule has 1 amide bonds. The van der Waals surface area contributed by atoms with Gasteiger partial charge in [0.05, 0.1) is 12.6 Å². The van der Waals surface area contributed by atoms with Crippen LogP contribution in [0.1, 0.15) is 6.92 Å². The molecule has 0 aromatic rings. The first-order valence-electron chi connectivity index (χ1n) is 4.48. The van der Waals surface area contributed by atoms with E-state index in [4.69, 9.17) is 0 Å². The molecule has 1 fully saturated rings. The summed E-state index contributed by atoms with van der Waals surface area (Å²) < 4.78 is 4.68. The van der Waals surface area contributed by atoms with Gasteiger partial charge in [-0.05, 0) is 6.92 Å². The number of hydrogen-bond acceptors (Lipinski definition) is 5. The lowest BCUT2D eigenvalue weighted by molar-refractivity contribution is -0.143. The van der Waals surface area contributed by atoms with E-state index in [9.17, 15) is 9.59 Å². The summed E-state index contributed by atoms with van der Waals surface area (Å²) in [6.45, 7) is 2.02. The number of carbonyl (C=O) groups is 2. The van der Waals surface area contributed by atoms with Crippen LogP contribution in [0.25, 0.3) is 0 Å². The zero-order chi connectivity index (χ0) is 10.4. The maximum Gasteiger partial charge on any atom is 0.325 e. The van der Waals surface area contributed by atoms with Crippen LogP contribution in [0.2, 0.25) is 0 Å². The topological polar surface area (TPSA) is 67.4 Å². The lowest BCUT2D eigenvalue weighted by Crippen LogP contribution is -2.44. The van der Waals surface area contributed by atoms with Crippen LogP contribution in [0.4, 0.5) is 0 Å². The Bertz CT molecular complexity index is 217. The van der Waals surface area contributed by atoms with E-state index in [1.807, 2.05) is 0 Å². The molecule has 5 nitrogen and oxygen atoms in total. The SMILES string of the molecule is CCOC(=O)CNC(=O)[C@H]1CSCN1. The Balaban J connectivity index is 2.17. The number of rotatable bonds is 4. The summed E-state index contributed by atoms with van der Waals surface area (Å²) in [6, 6.07) is -0.172. The molecule has 80 valence electrons. The molecule has 0 spiro atoms. The summed E-state index contributed by atoms with van der Waals surface area (Å²) in [6.07, 6.45) is 0. The van der Waals surface area contributed by atoms with Gasteiger partial charge in [-0.15, -0.1) is 11.8 Å². The highest BCUT2D eigenvalue weighted by Crippen LogP contribution is 2.08. The second-order valence-corrected chi connectivity index (χ2v) is 3.82. The lowest BCUT2D eigenvalue weighted by Gasteiger charge is -2.09. The van der Waals surface area contributed by atoms with Crippen LogP contribution in [-0.2, 0) is 14.3 Å². The standard InChI is InChI=1S/C8H14N2O3S/c1-2-13-7(11)3-9-8(12)6-4-14-5-10-6/h6,10H,2-5H2,1H3,(H,9,12)/t6-/m1/s1. The summed E-state index contributed by atoms with van der Waals surface area (Å²) in [5.74, 6) is 1.01. The van der Waals surface area contributed by atoms with Gasteiger partial charge in [-0.1, -0.05) is 0 Å². The summed E-state index contributed by atoms with van der Waals surface area (Å²) in [4.78, 5) is 22.3. The molecule has 0 saturated carbocycles. The van der Waals surface area contributed by atoms with E-state index >= 15 is 0 Å². The summed E-state index contributed by atoms with van der Waals surface area (Å²) >= 11 is 1.67. The van der Waals surface area contributed by atoms with E-state index in [0.717, 1.165) is 11.6 Å². The monoisotopic (exact) mass is 218 g/mol. The minimum Gasteiger partial charge on any atom is -0.465 e. The number of amides is 1. The van der Waals surface area contributed by atoms with Crippen LogP contribution in [0.5, 0.6) is 0 Å². The van der Waals surface area contributed by atoms with Gasteiger partial charge < -0.3 is 10.1 Å². The van der Waals surface area contributed by atoms with Gasteiger partial charge in [-0.3, -0.25) is 14.9 Å². The van der Waals surface area contributed by atoms with Crippen molar-refractivity contribution in [3.05, 3.63) is 0 Å². The van der Waals surface area contributed by atoms with Gasteiger partial charge in [0.25, 0.3) is 0 Å². The van der Waals surface area contributed by atoms with Crippen LogP contribution >= 0.6 is 11.8 Å². The third-order valence-electron chi connectivity index (χ3n) is 1.75. The Labute approximate surface area is 86.9 Å². The number of esters is 1. The van der Waals surface area contributed by atoms with Gasteiger partial charge in [0.1, 0.15) is 6.54 Å². The summed E-state index contributed by atoms with van der Waals surface area (Å²) in [5.41, 5.74) is 0. The molecule has 0 aliphatic carbocycles. The average molecular weight is 218 g/mol. The third-order valence-corrected chi connectivity index (χ3v) is 2.68. The van der Waals surface area contributed by atoms with Gasteiger partial charge in [0.15, 0.2) is 0 Å². The molecule has 2 N–H and O–H groups in total. The zero-order valence-corrected chi connectivity index (χ0v) is 8.86. The fraction of sp³-hybridized carbons (Fsp3) is 0.750. The Morgan fingerprint density at radius 1 is 1.64 bits per heavy atom. The van der Waals surface area contributed by atoms with Gasteiger partial charge in [-0.25, -0.2) is 0 Å². The fourth-order valence-electron chi connectivity index (χ4n) is 1.06. The number of hydrogen-bond donors (Lipinski definition) is 2. The number of thioether (sulfide) groups is 1. The summed E-state index contributed by atoms with van der Waals surface area (Å²) in [5, 5.41) is 5.53. The predicted octanol–water partition coefficient (Wildman–Crippen LogP) is -0.672. The molecule has 0 unspecified atom stereocenters. The molecule has 0 aromatic heterocycles. The average Bonchev–Trinajstić information content (AvgIpc) is 2.67. The van der Waals surface area contributed by atoms with E-state index in [1.165, 1.54) is 0 Å². The first-order valence-corrected chi connectivity index (χ1v) is 5.64. The summed E-state index contributed by atoms with van der Waals surface area (Å²) in [7, 11) is 0. The molecule has 1 atom stereocenters.